The Balaban J connectivity index is 1.46. The van der Waals surface area contributed by atoms with Gasteiger partial charge in [0.2, 0.25) is 5.91 Å². The molecule has 2 heterocycles. The van der Waals surface area contributed by atoms with Crippen LogP contribution in [0, 0.1) is 5.92 Å². The number of rotatable bonds is 5. The van der Waals surface area contributed by atoms with Crippen molar-refractivity contribution in [2.24, 2.45) is 11.7 Å². The Morgan fingerprint density at radius 2 is 1.96 bits per heavy atom. The average Bonchev–Trinajstić information content (AvgIpc) is 3.24. The standard InChI is InChI=1S/C21H23N5O2/c22-13-18-24-20(26-25-18)15-8-10-16(11-9-15)23-21(27)17-7-4-12-28-19(17)14-5-2-1-3-6-14/h1-3,5-6,8-11,17,19H,4,7,12-13,22H2,(H,23,27)(H,24,25,26). The minimum atomic E-state index is -0.212. The number of H-pyrrole nitrogens is 1. The van der Waals surface area contributed by atoms with Crippen LogP contribution < -0.4 is 11.1 Å². The minimum absolute atomic E-state index is 0.0235. The van der Waals surface area contributed by atoms with E-state index in [-0.39, 0.29) is 17.9 Å². The van der Waals surface area contributed by atoms with Crippen molar-refractivity contribution in [3.05, 3.63) is 66.0 Å². The number of nitrogens with zero attached hydrogens (tertiary/aromatic N) is 2. The number of carbonyl (C=O) groups excluding carboxylic acids is 1. The highest BCUT2D eigenvalue weighted by atomic mass is 16.5. The number of hydrogen-bond acceptors (Lipinski definition) is 5. The predicted octanol–water partition coefficient (Wildman–Crippen LogP) is 3.04. The molecule has 144 valence electrons. The first-order valence-corrected chi connectivity index (χ1v) is 9.44. The van der Waals surface area contributed by atoms with Crippen LogP contribution in [-0.2, 0) is 16.1 Å². The Labute approximate surface area is 163 Å². The molecule has 7 nitrogen and oxygen atoms in total. The summed E-state index contributed by atoms with van der Waals surface area (Å²) < 4.78 is 5.93. The van der Waals surface area contributed by atoms with Crippen LogP contribution in [0.2, 0.25) is 0 Å². The maximum absolute atomic E-state index is 12.9. The number of hydrogen-bond donors (Lipinski definition) is 3. The van der Waals surface area contributed by atoms with Crippen LogP contribution >= 0.6 is 0 Å². The fourth-order valence-corrected chi connectivity index (χ4v) is 3.47. The molecule has 0 saturated carbocycles. The Morgan fingerprint density at radius 1 is 1.18 bits per heavy atom. The third kappa shape index (κ3) is 3.95. The molecule has 0 radical (unpaired) electrons. The quantitative estimate of drug-likeness (QED) is 0.634. The van der Waals surface area contributed by atoms with E-state index in [1.165, 1.54) is 0 Å². The number of ether oxygens (including phenoxy) is 1. The summed E-state index contributed by atoms with van der Waals surface area (Å²) in [7, 11) is 0. The lowest BCUT2D eigenvalue weighted by atomic mass is 9.88. The minimum Gasteiger partial charge on any atom is -0.373 e. The summed E-state index contributed by atoms with van der Waals surface area (Å²) in [6, 6.07) is 17.4. The van der Waals surface area contributed by atoms with E-state index in [1.807, 2.05) is 54.6 Å². The van der Waals surface area contributed by atoms with Crippen molar-refractivity contribution in [3.8, 4) is 11.4 Å². The molecule has 7 heteroatoms. The molecule has 4 N–H and O–H groups in total. The molecule has 1 fully saturated rings. The lowest BCUT2D eigenvalue weighted by molar-refractivity contribution is -0.129. The molecule has 1 amide bonds. The molecule has 0 bridgehead atoms. The van der Waals surface area contributed by atoms with E-state index < -0.39 is 0 Å². The molecule has 28 heavy (non-hydrogen) atoms. The molecule has 2 unspecified atom stereocenters. The second-order valence-corrected chi connectivity index (χ2v) is 6.83. The van der Waals surface area contributed by atoms with Gasteiger partial charge in [0.05, 0.1) is 18.6 Å². The van der Waals surface area contributed by atoms with E-state index in [9.17, 15) is 4.79 Å². The Bertz CT molecular complexity index is 923. The van der Waals surface area contributed by atoms with Gasteiger partial charge >= 0.3 is 0 Å². The van der Waals surface area contributed by atoms with E-state index in [0.29, 0.717) is 24.8 Å². The number of anilines is 1. The van der Waals surface area contributed by atoms with Crippen molar-refractivity contribution in [3.63, 3.8) is 0 Å². The number of nitrogens with one attached hydrogen (secondary N) is 2. The van der Waals surface area contributed by atoms with Crippen molar-refractivity contribution in [2.75, 3.05) is 11.9 Å². The predicted molar refractivity (Wildman–Crippen MR) is 106 cm³/mol. The van der Waals surface area contributed by atoms with E-state index >= 15 is 0 Å². The summed E-state index contributed by atoms with van der Waals surface area (Å²) in [5.41, 5.74) is 8.19. The van der Waals surface area contributed by atoms with Gasteiger partial charge < -0.3 is 15.8 Å². The fraction of sp³-hybridized carbons (Fsp3) is 0.286. The van der Waals surface area contributed by atoms with Crippen LogP contribution in [-0.4, -0.2) is 27.7 Å². The van der Waals surface area contributed by atoms with Gasteiger partial charge in [0, 0.05) is 17.9 Å². The number of aromatic nitrogens is 3. The molecule has 3 aromatic rings. The van der Waals surface area contributed by atoms with E-state index in [4.69, 9.17) is 10.5 Å². The van der Waals surface area contributed by atoms with Crippen LogP contribution in [0.4, 0.5) is 5.69 Å². The summed E-state index contributed by atoms with van der Waals surface area (Å²) >= 11 is 0. The van der Waals surface area contributed by atoms with Gasteiger partial charge in [-0.1, -0.05) is 30.3 Å². The largest absolute Gasteiger partial charge is 0.373 e. The Hall–Kier alpha value is -3.03. The van der Waals surface area contributed by atoms with Gasteiger partial charge in [-0.2, -0.15) is 5.10 Å². The first-order chi connectivity index (χ1) is 13.7. The van der Waals surface area contributed by atoms with Gasteiger partial charge in [0.25, 0.3) is 0 Å². The van der Waals surface area contributed by atoms with Crippen molar-refractivity contribution >= 4 is 11.6 Å². The number of nitrogens with two attached hydrogens (primary N) is 1. The third-order valence-corrected chi connectivity index (χ3v) is 4.92. The Morgan fingerprint density at radius 3 is 2.68 bits per heavy atom. The number of aromatic amines is 1. The van der Waals surface area contributed by atoms with E-state index in [0.717, 1.165) is 29.7 Å². The molecule has 1 aliphatic heterocycles. The van der Waals surface area contributed by atoms with Gasteiger partial charge in [-0.3, -0.25) is 9.89 Å². The van der Waals surface area contributed by atoms with Gasteiger partial charge in [-0.05, 0) is 42.7 Å². The summed E-state index contributed by atoms with van der Waals surface area (Å²) in [5.74, 6) is 0.986. The monoisotopic (exact) mass is 377 g/mol. The lowest BCUT2D eigenvalue weighted by Gasteiger charge is -2.31. The molecule has 1 aromatic heterocycles. The van der Waals surface area contributed by atoms with Crippen LogP contribution in [0.15, 0.2) is 54.6 Å². The van der Waals surface area contributed by atoms with Gasteiger partial charge in [-0.15, -0.1) is 0 Å². The van der Waals surface area contributed by atoms with Crippen molar-refractivity contribution in [1.82, 2.24) is 15.2 Å². The van der Waals surface area contributed by atoms with Crippen LogP contribution in [0.1, 0.15) is 30.3 Å². The highest BCUT2D eigenvalue weighted by molar-refractivity contribution is 5.93. The third-order valence-electron chi connectivity index (χ3n) is 4.92. The van der Waals surface area contributed by atoms with Gasteiger partial charge in [0.15, 0.2) is 5.82 Å². The molecular formula is C21H23N5O2. The molecule has 4 rings (SSSR count). The number of carbonyl (C=O) groups is 1. The van der Waals surface area contributed by atoms with E-state index in [2.05, 4.69) is 20.5 Å². The summed E-state index contributed by atoms with van der Waals surface area (Å²) in [6.07, 6.45) is 1.48. The first kappa shape index (κ1) is 18.3. The maximum atomic E-state index is 12.9. The summed E-state index contributed by atoms with van der Waals surface area (Å²) in [6.45, 7) is 0.993. The Kier molecular flexibility index (Phi) is 5.45. The van der Waals surface area contributed by atoms with Crippen LogP contribution in [0.3, 0.4) is 0 Å². The molecular weight excluding hydrogens is 354 g/mol. The number of amides is 1. The normalized spacial score (nSPS) is 19.3. The summed E-state index contributed by atoms with van der Waals surface area (Å²) in [4.78, 5) is 17.2. The topological polar surface area (TPSA) is 106 Å². The highest BCUT2D eigenvalue weighted by Crippen LogP contribution is 2.34. The second-order valence-electron chi connectivity index (χ2n) is 6.83. The second kappa shape index (κ2) is 8.33. The van der Waals surface area contributed by atoms with Crippen LogP contribution in [0.5, 0.6) is 0 Å². The molecule has 2 atom stereocenters. The average molecular weight is 377 g/mol. The number of benzene rings is 2. The zero-order valence-electron chi connectivity index (χ0n) is 15.5. The molecule has 1 aliphatic rings. The molecule has 0 aliphatic carbocycles. The molecule has 0 spiro atoms. The zero-order chi connectivity index (χ0) is 19.3. The smallest absolute Gasteiger partial charge is 0.230 e. The first-order valence-electron chi connectivity index (χ1n) is 9.44. The van der Waals surface area contributed by atoms with Crippen molar-refractivity contribution < 1.29 is 9.53 Å². The summed E-state index contributed by atoms with van der Waals surface area (Å²) in [5, 5.41) is 9.96. The van der Waals surface area contributed by atoms with Gasteiger partial charge in [0.1, 0.15) is 5.82 Å². The fourth-order valence-electron chi connectivity index (χ4n) is 3.47. The van der Waals surface area contributed by atoms with Gasteiger partial charge in [-0.25, -0.2) is 4.98 Å². The SMILES string of the molecule is NCc1nc(-c2ccc(NC(=O)C3CCCOC3c3ccccc3)cc2)n[nH]1. The zero-order valence-corrected chi connectivity index (χ0v) is 15.5. The maximum Gasteiger partial charge on any atom is 0.230 e. The van der Waals surface area contributed by atoms with Crippen LogP contribution in [0.25, 0.3) is 11.4 Å². The lowest BCUT2D eigenvalue weighted by Crippen LogP contribution is -2.33. The van der Waals surface area contributed by atoms with E-state index in [1.54, 1.807) is 0 Å². The van der Waals surface area contributed by atoms with Crippen molar-refractivity contribution in [2.45, 2.75) is 25.5 Å². The van der Waals surface area contributed by atoms with Crippen molar-refractivity contribution in [1.29, 1.82) is 0 Å². The molecule has 2 aromatic carbocycles. The molecule has 1 saturated heterocycles. The highest BCUT2D eigenvalue weighted by Gasteiger charge is 2.33.